The smallest absolute Gasteiger partial charge is 0.0737 e. The summed E-state index contributed by atoms with van der Waals surface area (Å²) in [6.45, 7) is 0.217. The quantitative estimate of drug-likeness (QED) is 0.647. The molecule has 106 valence electrons. The van der Waals surface area contributed by atoms with Crippen LogP contribution in [0.1, 0.15) is 29.5 Å². The second-order valence-corrected chi connectivity index (χ2v) is 6.54. The van der Waals surface area contributed by atoms with Crippen LogP contribution in [0.4, 0.5) is 0 Å². The largest absolute Gasteiger partial charge is 0.396 e. The first-order valence-electron chi connectivity index (χ1n) is 6.43. The Hall–Kier alpha value is -0.850. The van der Waals surface area contributed by atoms with Gasteiger partial charge in [0.05, 0.1) is 4.90 Å². The SMILES string of the molecule is OCCCc1ccc(CCCO)c2c1C=CS2(O)O. The lowest BCUT2D eigenvalue weighted by molar-refractivity contribution is 0.287. The second kappa shape index (κ2) is 6.07. The van der Waals surface area contributed by atoms with Crippen molar-refractivity contribution in [3.63, 3.8) is 0 Å². The Morgan fingerprint density at radius 2 is 1.47 bits per heavy atom. The van der Waals surface area contributed by atoms with Gasteiger partial charge in [-0.15, -0.1) is 10.6 Å². The van der Waals surface area contributed by atoms with Gasteiger partial charge in [0.2, 0.25) is 0 Å². The van der Waals surface area contributed by atoms with Gasteiger partial charge in [0.25, 0.3) is 0 Å². The third kappa shape index (κ3) is 3.01. The summed E-state index contributed by atoms with van der Waals surface area (Å²) in [4.78, 5) is 0.608. The Bertz CT molecular complexity index is 483. The van der Waals surface area contributed by atoms with E-state index in [4.69, 9.17) is 10.2 Å². The first kappa shape index (κ1) is 14.6. The number of hydrogen-bond donors (Lipinski definition) is 4. The molecule has 0 aliphatic carbocycles. The zero-order valence-electron chi connectivity index (χ0n) is 10.7. The predicted molar refractivity (Wildman–Crippen MR) is 77.4 cm³/mol. The van der Waals surface area contributed by atoms with Crippen LogP contribution in [-0.2, 0) is 12.8 Å². The minimum Gasteiger partial charge on any atom is -0.396 e. The molecular weight excluding hydrogens is 264 g/mol. The van der Waals surface area contributed by atoms with Crippen molar-refractivity contribution in [3.8, 4) is 0 Å². The number of aliphatic hydroxyl groups excluding tert-OH is 2. The van der Waals surface area contributed by atoms with E-state index in [1.807, 2.05) is 12.1 Å². The molecular formula is C14H20O4S. The molecule has 0 radical (unpaired) electrons. The molecule has 0 unspecified atom stereocenters. The lowest BCUT2D eigenvalue weighted by atomic mass is 9.98. The van der Waals surface area contributed by atoms with Crippen LogP contribution in [-0.4, -0.2) is 32.5 Å². The number of fused-ring (bicyclic) bond motifs is 1. The van der Waals surface area contributed by atoms with Gasteiger partial charge >= 0.3 is 0 Å². The lowest BCUT2D eigenvalue weighted by Crippen LogP contribution is -2.03. The number of hydrogen-bond acceptors (Lipinski definition) is 4. The van der Waals surface area contributed by atoms with E-state index in [0.717, 1.165) is 23.1 Å². The van der Waals surface area contributed by atoms with Crippen molar-refractivity contribution in [2.24, 2.45) is 0 Å². The summed E-state index contributed by atoms with van der Waals surface area (Å²) in [5.74, 6) is 0. The fraction of sp³-hybridized carbons (Fsp3) is 0.429. The average Bonchev–Trinajstić information content (AvgIpc) is 2.71. The highest BCUT2D eigenvalue weighted by molar-refractivity contribution is 8.27. The van der Waals surface area contributed by atoms with E-state index in [-0.39, 0.29) is 13.2 Å². The second-order valence-electron chi connectivity index (χ2n) is 4.68. The summed E-state index contributed by atoms with van der Waals surface area (Å²) in [6, 6.07) is 3.88. The number of benzene rings is 1. The Labute approximate surface area is 114 Å². The van der Waals surface area contributed by atoms with Crippen LogP contribution in [0, 0.1) is 0 Å². The zero-order chi connectivity index (χ0) is 13.9. The fourth-order valence-electron chi connectivity index (χ4n) is 2.41. The van der Waals surface area contributed by atoms with Crippen LogP contribution >= 0.6 is 10.6 Å². The Kier molecular flexibility index (Phi) is 4.65. The molecule has 1 heterocycles. The molecule has 1 aliphatic rings. The molecule has 0 amide bonds. The molecule has 0 saturated heterocycles. The van der Waals surface area contributed by atoms with E-state index in [1.165, 1.54) is 5.41 Å². The van der Waals surface area contributed by atoms with Gasteiger partial charge in [-0.3, -0.25) is 9.11 Å². The van der Waals surface area contributed by atoms with Crippen LogP contribution in [0.3, 0.4) is 0 Å². The highest BCUT2D eigenvalue weighted by atomic mass is 32.3. The summed E-state index contributed by atoms with van der Waals surface area (Å²) in [7, 11) is -2.84. The topological polar surface area (TPSA) is 80.9 Å². The van der Waals surface area contributed by atoms with Crippen molar-refractivity contribution in [1.29, 1.82) is 0 Å². The molecule has 0 fully saturated rings. The van der Waals surface area contributed by atoms with Crippen molar-refractivity contribution < 1.29 is 19.3 Å². The minimum absolute atomic E-state index is 0.0909. The summed E-state index contributed by atoms with van der Waals surface area (Å²) < 4.78 is 20.2. The molecule has 0 spiro atoms. The summed E-state index contributed by atoms with van der Waals surface area (Å²) in [5, 5.41) is 19.3. The van der Waals surface area contributed by atoms with Gasteiger partial charge in [-0.2, -0.15) is 0 Å². The maximum Gasteiger partial charge on any atom is 0.0737 e. The Morgan fingerprint density at radius 3 is 2.11 bits per heavy atom. The molecule has 4 N–H and O–H groups in total. The highest BCUT2D eigenvalue weighted by Gasteiger charge is 2.26. The molecule has 5 heteroatoms. The van der Waals surface area contributed by atoms with Crippen LogP contribution < -0.4 is 0 Å². The van der Waals surface area contributed by atoms with E-state index < -0.39 is 10.6 Å². The van der Waals surface area contributed by atoms with Crippen molar-refractivity contribution in [1.82, 2.24) is 0 Å². The van der Waals surface area contributed by atoms with Crippen molar-refractivity contribution >= 4 is 16.7 Å². The zero-order valence-corrected chi connectivity index (χ0v) is 11.6. The van der Waals surface area contributed by atoms with Gasteiger partial charge in [-0.25, -0.2) is 0 Å². The lowest BCUT2D eigenvalue weighted by Gasteiger charge is -2.28. The van der Waals surface area contributed by atoms with Gasteiger partial charge in [0.15, 0.2) is 0 Å². The van der Waals surface area contributed by atoms with Gasteiger partial charge in [-0.05, 0) is 42.9 Å². The van der Waals surface area contributed by atoms with Crippen LogP contribution in [0.2, 0.25) is 0 Å². The van der Waals surface area contributed by atoms with Crippen molar-refractivity contribution in [2.75, 3.05) is 13.2 Å². The summed E-state index contributed by atoms with van der Waals surface area (Å²) in [6.07, 6.45) is 4.39. The standard InChI is InChI=1S/C14H20O4S/c15-8-1-3-11-5-6-12(4-2-9-16)14-13(11)7-10-19(14,17)18/h5-7,10,15-18H,1-4,8-9H2. The summed E-state index contributed by atoms with van der Waals surface area (Å²) in [5.41, 5.74) is 2.80. The Morgan fingerprint density at radius 1 is 0.895 bits per heavy atom. The Balaban J connectivity index is 2.38. The van der Waals surface area contributed by atoms with Gasteiger partial charge in [0.1, 0.15) is 0 Å². The van der Waals surface area contributed by atoms with E-state index >= 15 is 0 Å². The van der Waals surface area contributed by atoms with Gasteiger partial charge in [0, 0.05) is 24.2 Å². The van der Waals surface area contributed by atoms with Gasteiger partial charge < -0.3 is 10.2 Å². The molecule has 0 saturated carbocycles. The number of rotatable bonds is 6. The minimum atomic E-state index is -2.84. The molecule has 2 rings (SSSR count). The monoisotopic (exact) mass is 284 g/mol. The average molecular weight is 284 g/mol. The number of aliphatic hydroxyl groups is 2. The summed E-state index contributed by atoms with van der Waals surface area (Å²) >= 11 is 0. The normalized spacial score (nSPS) is 17.5. The van der Waals surface area contributed by atoms with E-state index in [1.54, 1.807) is 6.08 Å². The molecule has 1 aromatic carbocycles. The van der Waals surface area contributed by atoms with E-state index in [9.17, 15) is 9.11 Å². The maximum absolute atomic E-state index is 10.1. The first-order valence-corrected chi connectivity index (χ1v) is 8.04. The van der Waals surface area contributed by atoms with Crippen LogP contribution in [0.25, 0.3) is 6.08 Å². The molecule has 1 aromatic rings. The fourth-order valence-corrected chi connectivity index (χ4v) is 3.95. The molecule has 0 bridgehead atoms. The van der Waals surface area contributed by atoms with Crippen molar-refractivity contribution in [2.45, 2.75) is 30.6 Å². The van der Waals surface area contributed by atoms with Crippen molar-refractivity contribution in [3.05, 3.63) is 34.2 Å². The van der Waals surface area contributed by atoms with E-state index in [2.05, 4.69) is 0 Å². The van der Waals surface area contributed by atoms with Crippen LogP contribution in [0.15, 0.2) is 22.4 Å². The molecule has 0 aromatic heterocycles. The predicted octanol–water partition coefficient (Wildman–Crippen LogP) is 2.63. The molecule has 4 nitrogen and oxygen atoms in total. The molecule has 1 aliphatic heterocycles. The third-order valence-corrected chi connectivity index (χ3v) is 4.90. The highest BCUT2D eigenvalue weighted by Crippen LogP contribution is 2.58. The van der Waals surface area contributed by atoms with Crippen LogP contribution in [0.5, 0.6) is 0 Å². The molecule has 19 heavy (non-hydrogen) atoms. The van der Waals surface area contributed by atoms with E-state index in [0.29, 0.717) is 24.2 Å². The molecule has 0 atom stereocenters. The maximum atomic E-state index is 10.1. The third-order valence-electron chi connectivity index (χ3n) is 3.30. The number of aryl methyl sites for hydroxylation is 2. The first-order chi connectivity index (χ1) is 9.10. The van der Waals surface area contributed by atoms with Gasteiger partial charge in [-0.1, -0.05) is 12.1 Å².